The van der Waals surface area contributed by atoms with E-state index in [1.807, 2.05) is 19.9 Å². The van der Waals surface area contributed by atoms with E-state index in [4.69, 9.17) is 0 Å². The summed E-state index contributed by atoms with van der Waals surface area (Å²) < 4.78 is 0.927. The minimum Gasteiger partial charge on any atom is -0.292 e. The van der Waals surface area contributed by atoms with Crippen molar-refractivity contribution < 1.29 is 4.79 Å². The highest BCUT2D eigenvalue weighted by Gasteiger charge is 2.06. The van der Waals surface area contributed by atoms with Crippen molar-refractivity contribution in [2.45, 2.75) is 26.7 Å². The molecule has 0 aliphatic rings. The number of pyridine rings is 1. The first-order valence-electron chi connectivity index (χ1n) is 4.37. The van der Waals surface area contributed by atoms with E-state index >= 15 is 0 Å². The van der Waals surface area contributed by atoms with Crippen LogP contribution in [0.15, 0.2) is 16.6 Å². The monoisotopic (exact) mass is 241 g/mol. The van der Waals surface area contributed by atoms with Crippen LogP contribution in [0.5, 0.6) is 0 Å². The third kappa shape index (κ3) is 2.62. The van der Waals surface area contributed by atoms with Crippen LogP contribution in [0.4, 0.5) is 0 Å². The third-order valence-corrected chi connectivity index (χ3v) is 2.27. The van der Waals surface area contributed by atoms with Gasteiger partial charge in [-0.1, -0.05) is 29.8 Å². The molecule has 1 rings (SSSR count). The second-order valence-electron chi connectivity index (χ2n) is 2.79. The summed E-state index contributed by atoms with van der Waals surface area (Å²) in [5.41, 5.74) is 1.51. The molecule has 3 heteroatoms. The smallest absolute Gasteiger partial charge is 0.180 e. The van der Waals surface area contributed by atoms with Gasteiger partial charge in [0.05, 0.1) is 0 Å². The Balaban J connectivity index is 3.08. The summed E-state index contributed by atoms with van der Waals surface area (Å²) in [5.74, 6) is 0.0935. The molecule has 13 heavy (non-hydrogen) atoms. The summed E-state index contributed by atoms with van der Waals surface area (Å²) in [6, 6.07) is 3.71. The molecule has 0 unspecified atom stereocenters. The van der Waals surface area contributed by atoms with Crippen LogP contribution in [0.3, 0.4) is 0 Å². The Kier molecular flexibility index (Phi) is 3.60. The number of hydrogen-bond donors (Lipinski definition) is 0. The minimum absolute atomic E-state index is 0.0935. The third-order valence-electron chi connectivity index (χ3n) is 1.81. The average Bonchev–Trinajstić information content (AvgIpc) is 2.15. The Morgan fingerprint density at radius 1 is 1.46 bits per heavy atom. The van der Waals surface area contributed by atoms with E-state index in [0.29, 0.717) is 12.1 Å². The summed E-state index contributed by atoms with van der Waals surface area (Å²) in [6.07, 6.45) is 1.36. The fraction of sp³-hybridized carbons (Fsp3) is 0.400. The molecular formula is C10H12BrNO. The molecule has 0 saturated heterocycles. The summed E-state index contributed by atoms with van der Waals surface area (Å²) in [5, 5.41) is 0. The summed E-state index contributed by atoms with van der Waals surface area (Å²) in [6.45, 7) is 3.87. The lowest BCUT2D eigenvalue weighted by Gasteiger charge is -2.01. The standard InChI is InChI=1S/C10H12BrNO/c1-3-8-5-7(11)6-9(12-8)10(13)4-2/h5-6H,3-4H2,1-2H3. The number of nitrogens with zero attached hydrogens (tertiary/aromatic N) is 1. The van der Waals surface area contributed by atoms with Gasteiger partial charge in [0.1, 0.15) is 5.69 Å². The van der Waals surface area contributed by atoms with Crippen molar-refractivity contribution in [3.05, 3.63) is 28.0 Å². The Morgan fingerprint density at radius 2 is 2.15 bits per heavy atom. The van der Waals surface area contributed by atoms with E-state index in [1.54, 1.807) is 6.07 Å². The number of carbonyl (C=O) groups is 1. The van der Waals surface area contributed by atoms with Gasteiger partial charge in [-0.15, -0.1) is 0 Å². The van der Waals surface area contributed by atoms with E-state index in [-0.39, 0.29) is 5.78 Å². The van der Waals surface area contributed by atoms with Gasteiger partial charge < -0.3 is 0 Å². The highest BCUT2D eigenvalue weighted by Crippen LogP contribution is 2.14. The quantitative estimate of drug-likeness (QED) is 0.762. The zero-order valence-corrected chi connectivity index (χ0v) is 9.39. The number of hydrogen-bond acceptors (Lipinski definition) is 2. The number of rotatable bonds is 3. The highest BCUT2D eigenvalue weighted by molar-refractivity contribution is 9.10. The van der Waals surface area contributed by atoms with Crippen LogP contribution in [-0.4, -0.2) is 10.8 Å². The number of aromatic nitrogens is 1. The molecule has 0 aromatic carbocycles. The van der Waals surface area contributed by atoms with Crippen LogP contribution in [0.25, 0.3) is 0 Å². The maximum atomic E-state index is 11.4. The molecule has 0 bridgehead atoms. The second kappa shape index (κ2) is 4.51. The van der Waals surface area contributed by atoms with Crippen molar-refractivity contribution in [1.82, 2.24) is 4.98 Å². The van der Waals surface area contributed by atoms with Gasteiger partial charge in [0.25, 0.3) is 0 Å². The van der Waals surface area contributed by atoms with E-state index in [9.17, 15) is 4.79 Å². The normalized spacial score (nSPS) is 10.1. The molecular weight excluding hydrogens is 230 g/mol. The number of halogens is 1. The van der Waals surface area contributed by atoms with Crippen molar-refractivity contribution in [3.63, 3.8) is 0 Å². The maximum absolute atomic E-state index is 11.4. The minimum atomic E-state index is 0.0935. The summed E-state index contributed by atoms with van der Waals surface area (Å²) >= 11 is 3.36. The van der Waals surface area contributed by atoms with Gasteiger partial charge in [0, 0.05) is 16.6 Å². The molecule has 1 aromatic heterocycles. The topological polar surface area (TPSA) is 30.0 Å². The lowest BCUT2D eigenvalue weighted by Crippen LogP contribution is -2.02. The molecule has 1 heterocycles. The fourth-order valence-corrected chi connectivity index (χ4v) is 1.54. The molecule has 0 amide bonds. The number of carbonyl (C=O) groups excluding carboxylic acids is 1. The van der Waals surface area contributed by atoms with E-state index in [0.717, 1.165) is 16.6 Å². The van der Waals surface area contributed by atoms with Crippen molar-refractivity contribution in [2.24, 2.45) is 0 Å². The van der Waals surface area contributed by atoms with Gasteiger partial charge >= 0.3 is 0 Å². The Bertz CT molecular complexity index is 323. The molecule has 0 spiro atoms. The first-order chi connectivity index (χ1) is 6.17. The molecule has 0 fully saturated rings. The van der Waals surface area contributed by atoms with Crippen LogP contribution in [0, 0.1) is 0 Å². The molecule has 0 radical (unpaired) electrons. The molecule has 0 N–H and O–H groups in total. The molecule has 70 valence electrons. The molecule has 1 aromatic rings. The average molecular weight is 242 g/mol. The van der Waals surface area contributed by atoms with Crippen molar-refractivity contribution >= 4 is 21.7 Å². The fourth-order valence-electron chi connectivity index (χ4n) is 1.06. The SMILES string of the molecule is CCC(=O)c1cc(Br)cc(CC)n1. The summed E-state index contributed by atoms with van der Waals surface area (Å²) in [4.78, 5) is 15.6. The van der Waals surface area contributed by atoms with Crippen LogP contribution in [0.1, 0.15) is 36.5 Å². The maximum Gasteiger partial charge on any atom is 0.180 e. The number of ketones is 1. The van der Waals surface area contributed by atoms with Crippen LogP contribution >= 0.6 is 15.9 Å². The van der Waals surface area contributed by atoms with E-state index in [1.165, 1.54) is 0 Å². The molecule has 0 aliphatic heterocycles. The largest absolute Gasteiger partial charge is 0.292 e. The molecule has 0 aliphatic carbocycles. The van der Waals surface area contributed by atoms with E-state index in [2.05, 4.69) is 20.9 Å². The molecule has 0 atom stereocenters. The predicted octanol–water partition coefficient (Wildman–Crippen LogP) is 3.00. The van der Waals surface area contributed by atoms with Gasteiger partial charge in [-0.2, -0.15) is 0 Å². The molecule has 0 saturated carbocycles. The van der Waals surface area contributed by atoms with Crippen molar-refractivity contribution in [1.29, 1.82) is 0 Å². The van der Waals surface area contributed by atoms with Crippen LogP contribution in [-0.2, 0) is 6.42 Å². The van der Waals surface area contributed by atoms with E-state index < -0.39 is 0 Å². The molecule has 2 nitrogen and oxygen atoms in total. The lowest BCUT2D eigenvalue weighted by molar-refractivity contribution is 0.0983. The number of Topliss-reactive ketones (excluding diaryl/α,β-unsaturated/α-hetero) is 1. The highest BCUT2D eigenvalue weighted by atomic mass is 79.9. The van der Waals surface area contributed by atoms with Gasteiger partial charge in [-0.05, 0) is 18.6 Å². The van der Waals surface area contributed by atoms with Gasteiger partial charge in [-0.3, -0.25) is 4.79 Å². The summed E-state index contributed by atoms with van der Waals surface area (Å²) in [7, 11) is 0. The zero-order chi connectivity index (χ0) is 9.84. The van der Waals surface area contributed by atoms with Crippen molar-refractivity contribution in [3.8, 4) is 0 Å². The van der Waals surface area contributed by atoms with Crippen molar-refractivity contribution in [2.75, 3.05) is 0 Å². The first-order valence-corrected chi connectivity index (χ1v) is 5.16. The van der Waals surface area contributed by atoms with Gasteiger partial charge in [0.15, 0.2) is 5.78 Å². The first kappa shape index (κ1) is 10.4. The van der Waals surface area contributed by atoms with Gasteiger partial charge in [-0.25, -0.2) is 4.98 Å². The predicted molar refractivity (Wildman–Crippen MR) is 55.9 cm³/mol. The lowest BCUT2D eigenvalue weighted by atomic mass is 10.2. The Morgan fingerprint density at radius 3 is 2.69 bits per heavy atom. The zero-order valence-electron chi connectivity index (χ0n) is 7.80. The second-order valence-corrected chi connectivity index (χ2v) is 3.71. The van der Waals surface area contributed by atoms with Crippen LogP contribution in [0.2, 0.25) is 0 Å². The van der Waals surface area contributed by atoms with Crippen LogP contribution < -0.4 is 0 Å². The Labute approximate surface area is 86.5 Å². The van der Waals surface area contributed by atoms with Gasteiger partial charge in [0.2, 0.25) is 0 Å². The Hall–Kier alpha value is -0.700. The number of aryl methyl sites for hydroxylation is 1.